The van der Waals surface area contributed by atoms with E-state index in [1.54, 1.807) is 24.3 Å². The normalized spacial score (nSPS) is 11.9. The van der Waals surface area contributed by atoms with Crippen LogP contribution in [0.4, 0.5) is 11.4 Å². The summed E-state index contributed by atoms with van der Waals surface area (Å²) in [6.45, 7) is 0.678. The molecule has 0 fully saturated rings. The van der Waals surface area contributed by atoms with Gasteiger partial charge >= 0.3 is 0 Å². The summed E-state index contributed by atoms with van der Waals surface area (Å²) < 4.78 is 28.1. The highest BCUT2D eigenvalue weighted by Gasteiger charge is 2.32. The molecule has 1 N–H and O–H groups in total. The van der Waals surface area contributed by atoms with Crippen molar-refractivity contribution in [1.29, 1.82) is 0 Å². The Hall–Kier alpha value is -3.67. The lowest BCUT2D eigenvalue weighted by Crippen LogP contribution is -2.50. The quantitative estimate of drug-likeness (QED) is 0.282. The molecule has 0 heterocycles. The van der Waals surface area contributed by atoms with Crippen molar-refractivity contribution >= 4 is 56.4 Å². The second-order valence-corrected chi connectivity index (χ2v) is 10.8. The first kappa shape index (κ1) is 28.9. The summed E-state index contributed by atoms with van der Waals surface area (Å²) in [7, 11) is -2.93. The van der Waals surface area contributed by atoms with Crippen LogP contribution >= 0.6 is 23.2 Å². The van der Waals surface area contributed by atoms with Gasteiger partial charge in [0.2, 0.25) is 11.8 Å². The van der Waals surface area contributed by atoms with E-state index in [-0.39, 0.29) is 27.8 Å². The molecule has 0 aliphatic rings. The maximum Gasteiger partial charge on any atom is 0.271 e. The van der Waals surface area contributed by atoms with Crippen LogP contribution in [0.25, 0.3) is 0 Å². The first-order chi connectivity index (χ1) is 17.9. The van der Waals surface area contributed by atoms with E-state index in [1.165, 1.54) is 61.3 Å². The van der Waals surface area contributed by atoms with Crippen LogP contribution in [0.5, 0.6) is 0 Å². The van der Waals surface area contributed by atoms with Crippen molar-refractivity contribution in [3.63, 3.8) is 0 Å². The number of rotatable bonds is 10. The average Bonchev–Trinajstić information content (AvgIpc) is 2.91. The highest BCUT2D eigenvalue weighted by Crippen LogP contribution is 2.28. The largest absolute Gasteiger partial charge is 0.357 e. The van der Waals surface area contributed by atoms with E-state index in [4.69, 9.17) is 23.2 Å². The number of carbonyl (C=O) groups is 2. The molecule has 0 saturated carbocycles. The number of anilines is 1. The summed E-state index contributed by atoms with van der Waals surface area (Å²) in [6, 6.07) is 16.1. The molecule has 3 aromatic carbocycles. The Bertz CT molecular complexity index is 1450. The lowest BCUT2D eigenvalue weighted by atomic mass is 10.1. The molecule has 200 valence electrons. The first-order valence-electron chi connectivity index (χ1n) is 11.2. The lowest BCUT2D eigenvalue weighted by molar-refractivity contribution is -0.384. The van der Waals surface area contributed by atoms with Crippen molar-refractivity contribution in [2.75, 3.05) is 17.9 Å². The fourth-order valence-electron chi connectivity index (χ4n) is 3.64. The van der Waals surface area contributed by atoms with E-state index in [0.717, 1.165) is 10.4 Å². The molecule has 0 aliphatic heterocycles. The monoisotopic (exact) mass is 578 g/mol. The highest BCUT2D eigenvalue weighted by molar-refractivity contribution is 7.92. The molecule has 2 amide bonds. The van der Waals surface area contributed by atoms with Gasteiger partial charge in [0.15, 0.2) is 0 Å². The fourth-order valence-corrected chi connectivity index (χ4v) is 5.38. The third-order valence-corrected chi connectivity index (χ3v) is 8.22. The van der Waals surface area contributed by atoms with Crippen LogP contribution in [-0.2, 0) is 26.2 Å². The number of nitrogens with zero attached hydrogens (tertiary/aromatic N) is 3. The topological polar surface area (TPSA) is 130 Å². The molecule has 3 rings (SSSR count). The van der Waals surface area contributed by atoms with E-state index >= 15 is 0 Å². The number of hydrogen-bond donors (Lipinski definition) is 1. The number of sulfonamides is 1. The van der Waals surface area contributed by atoms with Gasteiger partial charge in [0.1, 0.15) is 12.6 Å². The predicted molar refractivity (Wildman–Crippen MR) is 145 cm³/mol. The molecule has 0 aromatic heterocycles. The van der Waals surface area contributed by atoms with Gasteiger partial charge in [-0.05, 0) is 42.8 Å². The van der Waals surface area contributed by atoms with Gasteiger partial charge < -0.3 is 10.2 Å². The van der Waals surface area contributed by atoms with Crippen LogP contribution in [0.1, 0.15) is 12.5 Å². The van der Waals surface area contributed by atoms with Crippen molar-refractivity contribution in [3.05, 3.63) is 98.5 Å². The Morgan fingerprint density at radius 3 is 2.29 bits per heavy atom. The minimum absolute atomic E-state index is 0.0847. The maximum atomic E-state index is 13.7. The van der Waals surface area contributed by atoms with Gasteiger partial charge in [0.25, 0.3) is 15.7 Å². The molecular formula is C25H24Cl2N4O6S. The summed E-state index contributed by atoms with van der Waals surface area (Å²) in [4.78, 5) is 38.0. The third kappa shape index (κ3) is 6.60. The van der Waals surface area contributed by atoms with Crippen LogP contribution in [0.3, 0.4) is 0 Å². The van der Waals surface area contributed by atoms with Crippen LogP contribution in [-0.4, -0.2) is 49.7 Å². The molecule has 0 saturated heterocycles. The standard InChI is InChI=1S/C25H24Cl2N4O6S/c1-17(25(33)28-2)29(15-18-11-12-22(26)23(27)13-18)24(32)16-30(19-7-6-8-20(14-19)31(34)35)38(36,37)21-9-4-3-5-10-21/h3-14,17H,15-16H2,1-2H3,(H,28,33)/t17-/m1/s1. The van der Waals surface area contributed by atoms with Gasteiger partial charge in [0.05, 0.1) is 25.6 Å². The van der Waals surface area contributed by atoms with E-state index < -0.39 is 39.3 Å². The summed E-state index contributed by atoms with van der Waals surface area (Å²) in [6.07, 6.45) is 0. The summed E-state index contributed by atoms with van der Waals surface area (Å²) in [5, 5.41) is 14.4. The van der Waals surface area contributed by atoms with Gasteiger partial charge in [-0.3, -0.25) is 24.0 Å². The molecule has 38 heavy (non-hydrogen) atoms. The van der Waals surface area contributed by atoms with E-state index in [2.05, 4.69) is 5.32 Å². The number of amides is 2. The number of nitrogens with one attached hydrogen (secondary N) is 1. The number of nitro benzene ring substituents is 1. The van der Waals surface area contributed by atoms with Crippen LogP contribution in [0, 0.1) is 10.1 Å². The molecule has 13 heteroatoms. The summed E-state index contributed by atoms with van der Waals surface area (Å²) in [5.74, 6) is -1.20. The Morgan fingerprint density at radius 1 is 1.00 bits per heavy atom. The van der Waals surface area contributed by atoms with E-state index in [9.17, 15) is 28.1 Å². The molecule has 10 nitrogen and oxygen atoms in total. The summed E-state index contributed by atoms with van der Waals surface area (Å²) >= 11 is 12.1. The second-order valence-electron chi connectivity index (χ2n) is 8.16. The molecule has 0 bridgehead atoms. The van der Waals surface area contributed by atoms with E-state index in [0.29, 0.717) is 10.6 Å². The minimum Gasteiger partial charge on any atom is -0.357 e. The number of halogens is 2. The maximum absolute atomic E-state index is 13.7. The minimum atomic E-state index is -4.34. The SMILES string of the molecule is CNC(=O)[C@@H](C)N(Cc1ccc(Cl)c(Cl)c1)C(=O)CN(c1cccc([N+](=O)[O-])c1)S(=O)(=O)c1ccccc1. The fraction of sp³-hybridized carbons (Fsp3) is 0.200. The predicted octanol–water partition coefficient (Wildman–Crippen LogP) is 4.26. The number of hydrogen-bond acceptors (Lipinski definition) is 6. The van der Waals surface area contributed by atoms with Crippen LogP contribution in [0.15, 0.2) is 77.7 Å². The van der Waals surface area contributed by atoms with Gasteiger partial charge in [-0.2, -0.15) is 0 Å². The van der Waals surface area contributed by atoms with Crippen molar-refractivity contribution in [2.45, 2.75) is 24.4 Å². The number of benzene rings is 3. The van der Waals surface area contributed by atoms with E-state index in [1.807, 2.05) is 0 Å². The first-order valence-corrected chi connectivity index (χ1v) is 13.4. The summed E-state index contributed by atoms with van der Waals surface area (Å²) in [5.41, 5.74) is 0.115. The van der Waals surface area contributed by atoms with Crippen LogP contribution < -0.4 is 9.62 Å². The zero-order valence-electron chi connectivity index (χ0n) is 20.4. The Kier molecular flexibility index (Phi) is 9.31. The van der Waals surface area contributed by atoms with Gasteiger partial charge in [-0.1, -0.05) is 53.5 Å². The molecule has 0 aliphatic carbocycles. The Morgan fingerprint density at radius 2 is 1.68 bits per heavy atom. The third-order valence-electron chi connectivity index (χ3n) is 5.69. The Balaban J connectivity index is 2.07. The van der Waals surface area contributed by atoms with Gasteiger partial charge in [-0.25, -0.2) is 8.42 Å². The molecule has 1 atom stereocenters. The average molecular weight is 579 g/mol. The zero-order valence-corrected chi connectivity index (χ0v) is 22.7. The van der Waals surface area contributed by atoms with Crippen molar-refractivity contribution in [1.82, 2.24) is 10.2 Å². The number of nitro groups is 1. The highest BCUT2D eigenvalue weighted by atomic mass is 35.5. The van der Waals surface area contributed by atoms with Gasteiger partial charge in [-0.15, -0.1) is 0 Å². The number of likely N-dealkylation sites (N-methyl/N-ethyl adjacent to an activating group) is 1. The van der Waals surface area contributed by atoms with Crippen molar-refractivity contribution in [2.24, 2.45) is 0 Å². The van der Waals surface area contributed by atoms with Gasteiger partial charge in [0, 0.05) is 25.7 Å². The van der Waals surface area contributed by atoms with Crippen molar-refractivity contribution < 1.29 is 22.9 Å². The van der Waals surface area contributed by atoms with Crippen LogP contribution in [0.2, 0.25) is 10.0 Å². The lowest BCUT2D eigenvalue weighted by Gasteiger charge is -2.31. The molecule has 3 aromatic rings. The van der Waals surface area contributed by atoms with Crippen molar-refractivity contribution in [3.8, 4) is 0 Å². The molecule has 0 unspecified atom stereocenters. The number of non-ortho nitro benzene ring substituents is 1. The smallest absolute Gasteiger partial charge is 0.271 e. The zero-order chi connectivity index (χ0) is 28.0. The molecule has 0 radical (unpaired) electrons. The Labute approximate surface area is 230 Å². The number of carbonyl (C=O) groups excluding carboxylic acids is 2. The molecule has 0 spiro atoms. The molecular weight excluding hydrogens is 555 g/mol. The second kappa shape index (κ2) is 12.2.